The molecule has 0 heterocycles. The van der Waals surface area contributed by atoms with Crippen LogP contribution in [0.5, 0.6) is 0 Å². The van der Waals surface area contributed by atoms with Gasteiger partial charge in [0, 0.05) is 29.8 Å². The molecule has 6 heteroatoms. The minimum atomic E-state index is -3.83. The molecule has 1 aromatic rings. The van der Waals surface area contributed by atoms with Gasteiger partial charge in [0.15, 0.2) is 0 Å². The van der Waals surface area contributed by atoms with Gasteiger partial charge in [-0.3, -0.25) is 4.79 Å². The molecule has 0 spiro atoms. The third-order valence-corrected chi connectivity index (χ3v) is 3.90. The SMILES string of the molecule is Cc1cc(C(=O)N(C)CC(C)C)cc(S(=O)(=O)Cl)c1. The van der Waals surface area contributed by atoms with E-state index in [4.69, 9.17) is 10.7 Å². The molecule has 0 aromatic heterocycles. The molecular weight excluding hydrogens is 286 g/mol. The van der Waals surface area contributed by atoms with Crippen LogP contribution in [0.1, 0.15) is 29.8 Å². The second-order valence-electron chi connectivity index (χ2n) is 5.05. The molecule has 0 aliphatic heterocycles. The molecule has 0 bridgehead atoms. The zero-order valence-corrected chi connectivity index (χ0v) is 13.0. The van der Waals surface area contributed by atoms with E-state index in [2.05, 4.69) is 0 Å². The third kappa shape index (κ3) is 4.51. The monoisotopic (exact) mass is 303 g/mol. The van der Waals surface area contributed by atoms with Crippen molar-refractivity contribution in [3.63, 3.8) is 0 Å². The van der Waals surface area contributed by atoms with Crippen LogP contribution in [0.25, 0.3) is 0 Å². The van der Waals surface area contributed by atoms with E-state index < -0.39 is 9.05 Å². The fraction of sp³-hybridized carbons (Fsp3) is 0.462. The van der Waals surface area contributed by atoms with Gasteiger partial charge in [0.2, 0.25) is 0 Å². The fourth-order valence-electron chi connectivity index (χ4n) is 1.86. The van der Waals surface area contributed by atoms with Gasteiger partial charge in [0.1, 0.15) is 0 Å². The van der Waals surface area contributed by atoms with E-state index in [1.165, 1.54) is 12.1 Å². The summed E-state index contributed by atoms with van der Waals surface area (Å²) in [6.45, 7) is 6.35. The van der Waals surface area contributed by atoms with Crippen molar-refractivity contribution in [3.05, 3.63) is 29.3 Å². The van der Waals surface area contributed by atoms with Crippen LogP contribution in [0.4, 0.5) is 0 Å². The maximum atomic E-state index is 12.2. The van der Waals surface area contributed by atoms with E-state index in [9.17, 15) is 13.2 Å². The maximum absolute atomic E-state index is 12.2. The number of hydrogen-bond donors (Lipinski definition) is 0. The number of carbonyl (C=O) groups is 1. The molecule has 4 nitrogen and oxygen atoms in total. The fourth-order valence-corrected chi connectivity index (χ4v) is 2.72. The third-order valence-electron chi connectivity index (χ3n) is 2.57. The Hall–Kier alpha value is -1.07. The van der Waals surface area contributed by atoms with Crippen LogP contribution in [0.2, 0.25) is 0 Å². The Morgan fingerprint density at radius 3 is 2.37 bits per heavy atom. The quantitative estimate of drug-likeness (QED) is 0.804. The molecule has 106 valence electrons. The minimum Gasteiger partial charge on any atom is -0.341 e. The summed E-state index contributed by atoms with van der Waals surface area (Å²) in [7, 11) is 3.18. The Morgan fingerprint density at radius 1 is 1.32 bits per heavy atom. The van der Waals surface area contributed by atoms with Crippen molar-refractivity contribution >= 4 is 25.6 Å². The van der Waals surface area contributed by atoms with E-state index in [1.807, 2.05) is 13.8 Å². The highest BCUT2D eigenvalue weighted by Crippen LogP contribution is 2.19. The number of aryl methyl sites for hydroxylation is 1. The van der Waals surface area contributed by atoms with Crippen LogP contribution in [-0.2, 0) is 9.05 Å². The molecule has 0 radical (unpaired) electrons. The first-order valence-corrected chi connectivity index (χ1v) is 8.24. The van der Waals surface area contributed by atoms with Gasteiger partial charge in [-0.05, 0) is 36.6 Å². The van der Waals surface area contributed by atoms with Crippen molar-refractivity contribution in [3.8, 4) is 0 Å². The highest BCUT2D eigenvalue weighted by atomic mass is 35.7. The average molecular weight is 304 g/mol. The Morgan fingerprint density at radius 2 is 1.89 bits per heavy atom. The Balaban J connectivity index is 3.14. The minimum absolute atomic E-state index is 0.0459. The van der Waals surface area contributed by atoms with Gasteiger partial charge in [0.25, 0.3) is 15.0 Å². The van der Waals surface area contributed by atoms with E-state index in [1.54, 1.807) is 24.9 Å². The lowest BCUT2D eigenvalue weighted by Gasteiger charge is -2.19. The van der Waals surface area contributed by atoms with Crippen molar-refractivity contribution in [2.24, 2.45) is 5.92 Å². The van der Waals surface area contributed by atoms with Crippen LogP contribution < -0.4 is 0 Å². The maximum Gasteiger partial charge on any atom is 0.261 e. The van der Waals surface area contributed by atoms with Crippen molar-refractivity contribution in [1.82, 2.24) is 4.90 Å². The van der Waals surface area contributed by atoms with Crippen LogP contribution in [-0.4, -0.2) is 32.8 Å². The summed E-state index contributed by atoms with van der Waals surface area (Å²) in [5.74, 6) is 0.133. The number of rotatable bonds is 4. The molecule has 0 saturated heterocycles. The Labute approximate surface area is 118 Å². The van der Waals surface area contributed by atoms with E-state index in [0.717, 1.165) is 0 Å². The standard InChI is InChI=1S/C13H18ClNO3S/c1-9(2)8-15(4)13(16)11-5-10(3)6-12(7-11)19(14,17)18/h5-7,9H,8H2,1-4H3. The molecule has 1 rings (SSSR count). The van der Waals surface area contributed by atoms with Gasteiger partial charge in [0.05, 0.1) is 4.90 Å². The number of carbonyl (C=O) groups excluding carboxylic acids is 1. The summed E-state index contributed by atoms with van der Waals surface area (Å²) < 4.78 is 22.7. The summed E-state index contributed by atoms with van der Waals surface area (Å²) >= 11 is 0. The predicted octanol–water partition coefficient (Wildman–Crippen LogP) is 2.65. The second kappa shape index (κ2) is 5.92. The first-order valence-electron chi connectivity index (χ1n) is 5.93. The average Bonchev–Trinajstić information content (AvgIpc) is 2.25. The molecule has 0 N–H and O–H groups in total. The molecule has 0 aliphatic rings. The predicted molar refractivity (Wildman–Crippen MR) is 76.0 cm³/mol. The summed E-state index contributed by atoms with van der Waals surface area (Å²) in [6, 6.07) is 4.42. The highest BCUT2D eigenvalue weighted by Gasteiger charge is 2.17. The lowest BCUT2D eigenvalue weighted by Crippen LogP contribution is -2.30. The van der Waals surface area contributed by atoms with Crippen LogP contribution in [0.15, 0.2) is 23.1 Å². The van der Waals surface area contributed by atoms with Crippen molar-refractivity contribution in [2.45, 2.75) is 25.7 Å². The van der Waals surface area contributed by atoms with Gasteiger partial charge in [-0.2, -0.15) is 0 Å². The summed E-state index contributed by atoms with van der Waals surface area (Å²) in [5, 5.41) is 0. The number of amides is 1. The normalized spacial score (nSPS) is 11.7. The molecular formula is C13H18ClNO3S. The largest absolute Gasteiger partial charge is 0.341 e. The molecule has 0 unspecified atom stereocenters. The molecule has 1 amide bonds. The molecule has 19 heavy (non-hydrogen) atoms. The van der Waals surface area contributed by atoms with Crippen molar-refractivity contribution in [2.75, 3.05) is 13.6 Å². The first kappa shape index (κ1) is 16.0. The first-order chi connectivity index (χ1) is 8.61. The van der Waals surface area contributed by atoms with Crippen molar-refractivity contribution in [1.29, 1.82) is 0 Å². The van der Waals surface area contributed by atoms with Crippen molar-refractivity contribution < 1.29 is 13.2 Å². The number of nitrogens with zero attached hydrogens (tertiary/aromatic N) is 1. The summed E-state index contributed by atoms with van der Waals surface area (Å²) in [4.78, 5) is 13.7. The smallest absolute Gasteiger partial charge is 0.261 e. The zero-order valence-electron chi connectivity index (χ0n) is 11.5. The van der Waals surface area contributed by atoms with Gasteiger partial charge >= 0.3 is 0 Å². The Kier molecular flexibility index (Phi) is 4.98. The van der Waals surface area contributed by atoms with E-state index >= 15 is 0 Å². The summed E-state index contributed by atoms with van der Waals surface area (Å²) in [5.41, 5.74) is 1.02. The lowest BCUT2D eigenvalue weighted by atomic mass is 10.1. The van der Waals surface area contributed by atoms with Crippen LogP contribution in [0, 0.1) is 12.8 Å². The molecule has 0 saturated carbocycles. The number of halogens is 1. The Bertz CT molecular complexity index is 582. The topological polar surface area (TPSA) is 54.5 Å². The summed E-state index contributed by atoms with van der Waals surface area (Å²) in [6.07, 6.45) is 0. The van der Waals surface area contributed by atoms with E-state index in [0.29, 0.717) is 23.6 Å². The van der Waals surface area contributed by atoms with Gasteiger partial charge in [-0.1, -0.05) is 13.8 Å². The lowest BCUT2D eigenvalue weighted by molar-refractivity contribution is 0.0779. The van der Waals surface area contributed by atoms with Gasteiger partial charge in [-0.15, -0.1) is 0 Å². The van der Waals surface area contributed by atoms with E-state index in [-0.39, 0.29) is 10.8 Å². The molecule has 0 fully saturated rings. The molecule has 1 aromatic carbocycles. The van der Waals surface area contributed by atoms with Crippen LogP contribution >= 0.6 is 10.7 Å². The number of benzene rings is 1. The molecule has 0 aliphatic carbocycles. The highest BCUT2D eigenvalue weighted by molar-refractivity contribution is 8.13. The number of hydrogen-bond acceptors (Lipinski definition) is 3. The van der Waals surface area contributed by atoms with Gasteiger partial charge < -0.3 is 4.90 Å². The van der Waals surface area contributed by atoms with Crippen LogP contribution in [0.3, 0.4) is 0 Å². The molecule has 0 atom stereocenters. The zero-order chi connectivity index (χ0) is 14.8. The second-order valence-corrected chi connectivity index (χ2v) is 7.62. The van der Waals surface area contributed by atoms with Gasteiger partial charge in [-0.25, -0.2) is 8.42 Å².